The lowest BCUT2D eigenvalue weighted by Gasteiger charge is -2.15. The minimum absolute atomic E-state index is 0.194. The van der Waals surface area contributed by atoms with Crippen LogP contribution in [0.2, 0.25) is 0 Å². The molecule has 0 aliphatic heterocycles. The van der Waals surface area contributed by atoms with Gasteiger partial charge in [-0.05, 0) is 12.5 Å². The third-order valence-electron chi connectivity index (χ3n) is 3.12. The van der Waals surface area contributed by atoms with Gasteiger partial charge in [0, 0.05) is 31.3 Å². The molecule has 0 amide bonds. The summed E-state index contributed by atoms with van der Waals surface area (Å²) in [5, 5.41) is 2.94. The van der Waals surface area contributed by atoms with Gasteiger partial charge in [-0.3, -0.25) is 9.37 Å². The van der Waals surface area contributed by atoms with Crippen molar-refractivity contribution in [1.29, 1.82) is 0 Å². The van der Waals surface area contributed by atoms with Gasteiger partial charge < -0.3 is 10.1 Å². The van der Waals surface area contributed by atoms with Crippen LogP contribution >= 0.6 is 0 Å². The number of pyridine rings is 1. The minimum atomic E-state index is -3.14. The van der Waals surface area contributed by atoms with Gasteiger partial charge in [-0.1, -0.05) is 6.92 Å². The summed E-state index contributed by atoms with van der Waals surface area (Å²) in [4.78, 5) is 11.7. The van der Waals surface area contributed by atoms with Gasteiger partial charge in [-0.15, -0.1) is 0 Å². The number of aryl methyl sites for hydroxylation is 1. The third kappa shape index (κ3) is 4.81. The molecular weight excluding hydrogens is 321 g/mol. The molecule has 2 heterocycles. The number of nitrogens with zero attached hydrogens (tertiary/aromatic N) is 3. The molecular formula is C16H19F3N4O. The zero-order chi connectivity index (χ0) is 17.6. The van der Waals surface area contributed by atoms with E-state index in [1.165, 1.54) is 12.4 Å². The molecule has 0 bridgehead atoms. The molecule has 2 aromatic heterocycles. The second-order valence-electron chi connectivity index (χ2n) is 5.20. The Hall–Kier alpha value is -2.38. The molecule has 0 spiro atoms. The first kappa shape index (κ1) is 18.0. The number of nitrogens with one attached hydrogen (secondary N) is 1. The molecule has 0 atom stereocenters. The minimum Gasteiger partial charge on any atom is -0.490 e. The number of aromatic nitrogens is 3. The van der Waals surface area contributed by atoms with Crippen molar-refractivity contribution in [3.63, 3.8) is 0 Å². The molecule has 0 saturated heterocycles. The second kappa shape index (κ2) is 7.94. The number of rotatable bonds is 8. The molecule has 0 saturated carbocycles. The van der Waals surface area contributed by atoms with Crippen LogP contribution in [0, 0.1) is 0 Å². The van der Waals surface area contributed by atoms with Crippen molar-refractivity contribution < 1.29 is 17.9 Å². The van der Waals surface area contributed by atoms with Crippen molar-refractivity contribution in [3.05, 3.63) is 36.0 Å². The number of halogens is 3. The number of hydrogen-bond acceptors (Lipinski definition) is 5. The van der Waals surface area contributed by atoms with Gasteiger partial charge in [0.05, 0.1) is 25.2 Å². The second-order valence-corrected chi connectivity index (χ2v) is 5.20. The van der Waals surface area contributed by atoms with Crippen LogP contribution in [0.4, 0.5) is 24.7 Å². The Morgan fingerprint density at radius 3 is 2.75 bits per heavy atom. The number of ether oxygens (including phenoxy) is 1. The van der Waals surface area contributed by atoms with Gasteiger partial charge in [0.2, 0.25) is 5.82 Å². The Bertz CT molecular complexity index is 677. The summed E-state index contributed by atoms with van der Waals surface area (Å²) in [6.45, 7) is 2.29. The lowest BCUT2D eigenvalue weighted by molar-refractivity contribution is 0.00762. The fourth-order valence-corrected chi connectivity index (χ4v) is 1.91. The van der Waals surface area contributed by atoms with Crippen LogP contribution in [-0.2, 0) is 12.3 Å². The fourth-order valence-electron chi connectivity index (χ4n) is 1.91. The molecule has 0 aromatic carbocycles. The molecule has 2 aromatic rings. The maximum Gasteiger partial charge on any atom is 0.303 e. The lowest BCUT2D eigenvalue weighted by Crippen LogP contribution is -2.15. The molecule has 2 rings (SSSR count). The number of hydrogen-bond donors (Lipinski definition) is 1. The standard InChI is InChI=1S/C16H19F3N4O/c1-3-11-9-14(23-15(21-11)16(2,18)19)22-12-5-7-20-10-13(12)24-8-4-6-17/h5,7,9-10H,3-4,6,8H2,1-2H3,(H,20,21,22,23). The van der Waals surface area contributed by atoms with Gasteiger partial charge in [0.25, 0.3) is 0 Å². The monoisotopic (exact) mass is 340 g/mol. The summed E-state index contributed by atoms with van der Waals surface area (Å²) in [5.41, 5.74) is 1.01. The van der Waals surface area contributed by atoms with E-state index in [9.17, 15) is 13.2 Å². The third-order valence-corrected chi connectivity index (χ3v) is 3.12. The SMILES string of the molecule is CCc1cc(Nc2ccncc2OCCCF)nc(C(C)(F)F)n1. The van der Waals surface area contributed by atoms with Crippen LogP contribution in [0.1, 0.15) is 31.8 Å². The van der Waals surface area contributed by atoms with Crippen molar-refractivity contribution in [2.45, 2.75) is 32.6 Å². The van der Waals surface area contributed by atoms with Gasteiger partial charge in [-0.2, -0.15) is 8.78 Å². The molecule has 0 aliphatic rings. The largest absolute Gasteiger partial charge is 0.490 e. The van der Waals surface area contributed by atoms with Gasteiger partial charge in [-0.25, -0.2) is 9.97 Å². The maximum atomic E-state index is 13.6. The number of anilines is 2. The lowest BCUT2D eigenvalue weighted by atomic mass is 10.2. The normalized spacial score (nSPS) is 11.4. The van der Waals surface area contributed by atoms with E-state index in [4.69, 9.17) is 4.74 Å². The van der Waals surface area contributed by atoms with Crippen LogP contribution in [0.3, 0.4) is 0 Å². The maximum absolute atomic E-state index is 13.6. The summed E-state index contributed by atoms with van der Waals surface area (Å²) in [6.07, 6.45) is 3.75. The summed E-state index contributed by atoms with van der Waals surface area (Å²) < 4.78 is 44.7. The summed E-state index contributed by atoms with van der Waals surface area (Å²) >= 11 is 0. The first-order chi connectivity index (χ1) is 11.4. The topological polar surface area (TPSA) is 59.9 Å². The zero-order valence-electron chi connectivity index (χ0n) is 13.5. The number of alkyl halides is 3. The molecule has 0 fully saturated rings. The summed E-state index contributed by atoms with van der Waals surface area (Å²) in [7, 11) is 0. The Kier molecular flexibility index (Phi) is 5.94. The van der Waals surface area contributed by atoms with Gasteiger partial charge >= 0.3 is 5.92 Å². The Morgan fingerprint density at radius 2 is 2.08 bits per heavy atom. The van der Waals surface area contributed by atoms with Crippen LogP contribution < -0.4 is 10.1 Å². The van der Waals surface area contributed by atoms with Crippen LogP contribution in [0.25, 0.3) is 0 Å². The highest BCUT2D eigenvalue weighted by Crippen LogP contribution is 2.29. The Labute approximate surface area is 138 Å². The van der Waals surface area contributed by atoms with Gasteiger partial charge in [0.1, 0.15) is 5.82 Å². The van der Waals surface area contributed by atoms with Gasteiger partial charge in [0.15, 0.2) is 5.75 Å². The molecule has 8 heteroatoms. The predicted octanol–water partition coefficient (Wildman–Crippen LogP) is 4.03. The smallest absolute Gasteiger partial charge is 0.303 e. The van der Waals surface area contributed by atoms with E-state index in [1.807, 2.05) is 6.92 Å². The summed E-state index contributed by atoms with van der Waals surface area (Å²) in [6, 6.07) is 3.23. The fraction of sp³-hybridized carbons (Fsp3) is 0.438. The molecule has 0 radical (unpaired) electrons. The first-order valence-corrected chi connectivity index (χ1v) is 7.60. The Morgan fingerprint density at radius 1 is 1.29 bits per heavy atom. The molecule has 0 aliphatic carbocycles. The van der Waals surface area contributed by atoms with E-state index in [0.717, 1.165) is 6.92 Å². The van der Waals surface area contributed by atoms with Crippen molar-refractivity contribution >= 4 is 11.5 Å². The quantitative estimate of drug-likeness (QED) is 0.735. The average Bonchev–Trinajstić information content (AvgIpc) is 2.55. The van der Waals surface area contributed by atoms with E-state index in [1.54, 1.807) is 12.1 Å². The van der Waals surface area contributed by atoms with Crippen LogP contribution in [-0.4, -0.2) is 28.2 Å². The molecule has 5 nitrogen and oxygen atoms in total. The van der Waals surface area contributed by atoms with E-state index in [0.29, 0.717) is 23.6 Å². The zero-order valence-corrected chi connectivity index (χ0v) is 13.5. The first-order valence-electron chi connectivity index (χ1n) is 7.60. The molecule has 130 valence electrons. The molecule has 24 heavy (non-hydrogen) atoms. The summed E-state index contributed by atoms with van der Waals surface area (Å²) in [5.74, 6) is -3.05. The Balaban J connectivity index is 2.27. The highest BCUT2D eigenvalue weighted by Gasteiger charge is 2.29. The van der Waals surface area contributed by atoms with Crippen molar-refractivity contribution in [2.24, 2.45) is 0 Å². The van der Waals surface area contributed by atoms with E-state index in [-0.39, 0.29) is 18.8 Å². The highest BCUT2D eigenvalue weighted by molar-refractivity contribution is 5.63. The molecule has 1 N–H and O–H groups in total. The van der Waals surface area contributed by atoms with Crippen molar-refractivity contribution in [3.8, 4) is 5.75 Å². The van der Waals surface area contributed by atoms with Crippen molar-refractivity contribution in [2.75, 3.05) is 18.6 Å². The van der Waals surface area contributed by atoms with E-state index >= 15 is 0 Å². The highest BCUT2D eigenvalue weighted by atomic mass is 19.3. The average molecular weight is 340 g/mol. The van der Waals surface area contributed by atoms with E-state index < -0.39 is 18.4 Å². The van der Waals surface area contributed by atoms with Crippen molar-refractivity contribution in [1.82, 2.24) is 15.0 Å². The van der Waals surface area contributed by atoms with Crippen LogP contribution in [0.15, 0.2) is 24.5 Å². The van der Waals surface area contributed by atoms with Crippen LogP contribution in [0.5, 0.6) is 5.75 Å². The molecule has 0 unspecified atom stereocenters. The van der Waals surface area contributed by atoms with E-state index in [2.05, 4.69) is 20.3 Å². The predicted molar refractivity (Wildman–Crippen MR) is 84.6 cm³/mol.